The molecular weight excluding hydrogens is 594 g/mol. The number of anilines is 1. The number of amides is 2. The third-order valence-corrected chi connectivity index (χ3v) is 8.10. The molecule has 1 atom stereocenters. The maximum Gasteiger partial charge on any atom is 0.348 e. The van der Waals surface area contributed by atoms with Gasteiger partial charge in [0, 0.05) is 12.1 Å². The van der Waals surface area contributed by atoms with Gasteiger partial charge in [0.05, 0.1) is 30.6 Å². The summed E-state index contributed by atoms with van der Waals surface area (Å²) in [5.41, 5.74) is 0.489. The molecule has 12 nitrogen and oxygen atoms in total. The van der Waals surface area contributed by atoms with Crippen molar-refractivity contribution >= 4 is 63.5 Å². The molecular formula is C26H30ClN5O7S2. The van der Waals surface area contributed by atoms with E-state index in [4.69, 9.17) is 25.8 Å². The Hall–Kier alpha value is -3.62. The van der Waals surface area contributed by atoms with Crippen LogP contribution in [0.2, 0.25) is 5.02 Å². The van der Waals surface area contributed by atoms with Gasteiger partial charge in [0.2, 0.25) is 5.91 Å². The van der Waals surface area contributed by atoms with Gasteiger partial charge in [-0.2, -0.15) is 0 Å². The van der Waals surface area contributed by atoms with Gasteiger partial charge < -0.3 is 29.4 Å². The molecule has 1 unspecified atom stereocenters. The average molecular weight is 624 g/mol. The average Bonchev–Trinajstić information content (AvgIpc) is 3.45. The Bertz CT molecular complexity index is 1410. The lowest BCUT2D eigenvalue weighted by Gasteiger charge is -2.12. The van der Waals surface area contributed by atoms with Crippen molar-refractivity contribution in [1.29, 1.82) is 0 Å². The monoisotopic (exact) mass is 623 g/mol. The van der Waals surface area contributed by atoms with E-state index >= 15 is 0 Å². The van der Waals surface area contributed by atoms with Crippen LogP contribution in [-0.2, 0) is 32.7 Å². The number of thiophene rings is 1. The highest BCUT2D eigenvalue weighted by Gasteiger charge is 2.29. The Morgan fingerprint density at radius 2 is 1.73 bits per heavy atom. The zero-order chi connectivity index (χ0) is 30.1. The fourth-order valence-electron chi connectivity index (χ4n) is 3.38. The third kappa shape index (κ3) is 8.44. The number of hydrogen-bond acceptors (Lipinski definition) is 11. The van der Waals surface area contributed by atoms with Gasteiger partial charge in [0.1, 0.15) is 15.6 Å². The van der Waals surface area contributed by atoms with Crippen LogP contribution in [0.5, 0.6) is 5.75 Å². The number of benzene rings is 1. The highest BCUT2D eigenvalue weighted by molar-refractivity contribution is 8.00. The van der Waals surface area contributed by atoms with Crippen molar-refractivity contribution in [3.05, 3.63) is 51.1 Å². The van der Waals surface area contributed by atoms with Gasteiger partial charge in [-0.05, 0) is 57.5 Å². The van der Waals surface area contributed by atoms with Gasteiger partial charge in [0.25, 0.3) is 5.91 Å². The van der Waals surface area contributed by atoms with E-state index in [9.17, 15) is 19.2 Å². The van der Waals surface area contributed by atoms with Crippen molar-refractivity contribution < 1.29 is 33.4 Å². The van der Waals surface area contributed by atoms with Crippen molar-refractivity contribution in [3.63, 3.8) is 0 Å². The Balaban J connectivity index is 1.61. The second kappa shape index (κ2) is 14.8. The first-order valence-corrected chi connectivity index (χ1v) is 14.6. The first kappa shape index (κ1) is 31.9. The van der Waals surface area contributed by atoms with E-state index in [1.807, 2.05) is 0 Å². The first-order valence-electron chi connectivity index (χ1n) is 12.5. The molecule has 2 heterocycles. The smallest absolute Gasteiger partial charge is 0.348 e. The number of hydrogen-bond donors (Lipinski definition) is 2. The van der Waals surface area contributed by atoms with Gasteiger partial charge >= 0.3 is 11.9 Å². The molecule has 0 spiro atoms. The molecule has 0 radical (unpaired) electrons. The van der Waals surface area contributed by atoms with E-state index in [2.05, 4.69) is 20.8 Å². The van der Waals surface area contributed by atoms with Crippen molar-refractivity contribution in [3.8, 4) is 5.75 Å². The second-order valence-electron chi connectivity index (χ2n) is 8.43. The van der Waals surface area contributed by atoms with Gasteiger partial charge in [-0.15, -0.1) is 21.5 Å². The van der Waals surface area contributed by atoms with E-state index in [0.29, 0.717) is 27.3 Å². The third-order valence-electron chi connectivity index (χ3n) is 5.53. The van der Waals surface area contributed by atoms with Crippen LogP contribution in [0.3, 0.4) is 0 Å². The summed E-state index contributed by atoms with van der Waals surface area (Å²) in [6, 6.07) is 6.65. The molecule has 3 aromatic rings. The van der Waals surface area contributed by atoms with Crippen molar-refractivity contribution in [2.24, 2.45) is 7.05 Å². The number of thioether (sulfide) groups is 1. The largest absolute Gasteiger partial charge is 0.484 e. The fraction of sp³-hybridized carbons (Fsp3) is 0.385. The molecule has 0 saturated carbocycles. The molecule has 0 aliphatic heterocycles. The van der Waals surface area contributed by atoms with Gasteiger partial charge in [-0.25, -0.2) is 9.59 Å². The second-order valence-corrected chi connectivity index (χ2v) is 11.2. The quantitative estimate of drug-likeness (QED) is 0.211. The lowest BCUT2D eigenvalue weighted by atomic mass is 10.1. The van der Waals surface area contributed by atoms with Gasteiger partial charge in [-0.1, -0.05) is 23.4 Å². The number of nitrogens with zero attached hydrogens (tertiary/aromatic N) is 3. The Morgan fingerprint density at radius 3 is 2.39 bits per heavy atom. The number of nitrogens with one attached hydrogen (secondary N) is 2. The molecule has 0 fully saturated rings. The topological polar surface area (TPSA) is 151 Å². The van der Waals surface area contributed by atoms with Crippen molar-refractivity contribution in [2.45, 2.75) is 44.6 Å². The molecule has 0 aliphatic rings. The molecule has 1 aromatic carbocycles. The molecule has 2 N–H and O–H groups in total. The van der Waals surface area contributed by atoms with Crippen LogP contribution in [0.4, 0.5) is 5.00 Å². The van der Waals surface area contributed by atoms with Crippen LogP contribution in [0.25, 0.3) is 0 Å². The molecule has 15 heteroatoms. The van der Waals surface area contributed by atoms with E-state index in [1.165, 1.54) is 0 Å². The lowest BCUT2D eigenvalue weighted by Crippen LogP contribution is -2.29. The minimum Gasteiger partial charge on any atom is -0.484 e. The Morgan fingerprint density at radius 1 is 1.07 bits per heavy atom. The minimum atomic E-state index is -0.656. The number of ether oxygens (including phenoxy) is 3. The molecule has 0 aliphatic carbocycles. The summed E-state index contributed by atoms with van der Waals surface area (Å²) < 4.78 is 17.3. The minimum absolute atomic E-state index is 0.0987. The zero-order valence-electron chi connectivity index (χ0n) is 23.1. The fourth-order valence-corrected chi connectivity index (χ4v) is 5.43. The zero-order valence-corrected chi connectivity index (χ0v) is 25.5. The summed E-state index contributed by atoms with van der Waals surface area (Å²) in [6.07, 6.45) is 0. The first-order chi connectivity index (χ1) is 19.5. The molecule has 2 aromatic heterocycles. The maximum atomic E-state index is 13.1. The number of esters is 2. The van der Waals surface area contributed by atoms with Crippen LogP contribution < -0.4 is 15.4 Å². The standard InChI is InChI=1S/C26H30ClN5O7S2/c1-6-37-24(35)20-14(3)21(25(36)38-7-2)41-23(20)29-22(34)15(4)40-26-31-30-18(32(26)5)12-28-19(33)13-39-17-10-8-16(27)9-11-17/h8-11,15H,6-7,12-13H2,1-5H3,(H,28,33)(H,29,34). The summed E-state index contributed by atoms with van der Waals surface area (Å²) in [6.45, 7) is 6.82. The van der Waals surface area contributed by atoms with Gasteiger partial charge in [-0.3, -0.25) is 9.59 Å². The van der Waals surface area contributed by atoms with E-state index in [1.54, 1.807) is 63.6 Å². The Kier molecular flexibility index (Phi) is 11.6. The summed E-state index contributed by atoms with van der Waals surface area (Å²) in [5, 5.41) is 14.2. The van der Waals surface area contributed by atoms with Gasteiger partial charge in [0.15, 0.2) is 17.6 Å². The summed E-state index contributed by atoms with van der Waals surface area (Å²) in [4.78, 5) is 50.5. The summed E-state index contributed by atoms with van der Waals surface area (Å²) in [7, 11) is 1.71. The van der Waals surface area contributed by atoms with Crippen LogP contribution in [0.1, 0.15) is 52.2 Å². The number of rotatable bonds is 13. The van der Waals surface area contributed by atoms with Crippen molar-refractivity contribution in [1.82, 2.24) is 20.1 Å². The molecule has 2 amide bonds. The normalized spacial score (nSPS) is 11.5. The molecule has 0 bridgehead atoms. The number of aromatic nitrogens is 3. The number of carbonyl (C=O) groups excluding carboxylic acids is 4. The summed E-state index contributed by atoms with van der Waals surface area (Å²) >= 11 is 7.93. The predicted molar refractivity (Wildman–Crippen MR) is 155 cm³/mol. The Labute approximate surface area is 250 Å². The highest BCUT2D eigenvalue weighted by Crippen LogP contribution is 2.35. The lowest BCUT2D eigenvalue weighted by molar-refractivity contribution is -0.123. The molecule has 220 valence electrons. The molecule has 0 saturated heterocycles. The highest BCUT2D eigenvalue weighted by atomic mass is 35.5. The SMILES string of the molecule is CCOC(=O)c1sc(NC(=O)C(C)Sc2nnc(CNC(=O)COc3ccc(Cl)cc3)n2C)c(C(=O)OCC)c1C. The molecule has 3 rings (SSSR count). The summed E-state index contributed by atoms with van der Waals surface area (Å²) in [5.74, 6) is -1.02. The predicted octanol–water partition coefficient (Wildman–Crippen LogP) is 4.01. The molecule has 41 heavy (non-hydrogen) atoms. The maximum absolute atomic E-state index is 13.1. The number of carbonyl (C=O) groups is 4. The van der Waals surface area contributed by atoms with E-state index < -0.39 is 23.1 Å². The van der Waals surface area contributed by atoms with Crippen molar-refractivity contribution in [2.75, 3.05) is 25.1 Å². The van der Waals surface area contributed by atoms with Crippen LogP contribution in [-0.4, -0.2) is 63.6 Å². The number of halogens is 1. The van der Waals surface area contributed by atoms with E-state index in [-0.39, 0.29) is 47.7 Å². The van der Waals surface area contributed by atoms with Crippen LogP contribution in [0.15, 0.2) is 29.4 Å². The van der Waals surface area contributed by atoms with E-state index in [0.717, 1.165) is 23.1 Å². The van der Waals surface area contributed by atoms with Crippen LogP contribution in [0, 0.1) is 6.92 Å². The van der Waals surface area contributed by atoms with Crippen LogP contribution >= 0.6 is 34.7 Å².